The Hall–Kier alpha value is -0.380. The molecule has 2 atom stereocenters. The van der Waals surface area contributed by atoms with Crippen LogP contribution in [-0.2, 0) is 20.3 Å². The van der Waals surface area contributed by atoms with Gasteiger partial charge in [-0.3, -0.25) is 0 Å². The van der Waals surface area contributed by atoms with Crippen LogP contribution < -0.4 is 0 Å². The van der Waals surface area contributed by atoms with E-state index in [1.165, 1.54) is 21.2 Å². The van der Waals surface area contributed by atoms with Crippen molar-refractivity contribution in [2.24, 2.45) is 0 Å². The molecule has 2 nitrogen and oxygen atoms in total. The zero-order valence-corrected chi connectivity index (χ0v) is 15.6. The van der Waals surface area contributed by atoms with Crippen LogP contribution in [0.25, 0.3) is 0 Å². The fourth-order valence-corrected chi connectivity index (χ4v) is 4.21. The van der Waals surface area contributed by atoms with Gasteiger partial charge in [0.1, 0.15) is 0 Å². The smallest absolute Gasteiger partial charge is 0.163 e. The van der Waals surface area contributed by atoms with Gasteiger partial charge in [-0.1, -0.05) is 49.7 Å². The highest BCUT2D eigenvalue weighted by Gasteiger charge is 2.59. The van der Waals surface area contributed by atoms with Crippen molar-refractivity contribution in [3.05, 3.63) is 33.3 Å². The van der Waals surface area contributed by atoms with E-state index >= 15 is 0 Å². The fourth-order valence-electron chi connectivity index (χ4n) is 3.87. The molecule has 0 spiro atoms. The van der Waals surface area contributed by atoms with Crippen molar-refractivity contribution in [2.75, 3.05) is 0 Å². The monoisotopic (exact) mass is 352 g/mol. The average Bonchev–Trinajstić information content (AvgIpc) is 2.68. The first-order valence-corrected chi connectivity index (χ1v) is 8.43. The molecule has 1 saturated heterocycles. The number of aryl methyl sites for hydroxylation is 1. The molecule has 0 N–H and O–H groups in total. The summed E-state index contributed by atoms with van der Waals surface area (Å²) in [5, 5.41) is 0. The molecule has 1 heterocycles. The summed E-state index contributed by atoms with van der Waals surface area (Å²) in [6, 6.07) is 4.59. The second-order valence-electron chi connectivity index (χ2n) is 8.07. The molecular weight excluding hydrogens is 328 g/mol. The lowest BCUT2D eigenvalue weighted by Gasteiger charge is -2.48. The number of benzene rings is 1. The zero-order chi connectivity index (χ0) is 15.8. The van der Waals surface area contributed by atoms with Crippen LogP contribution in [0.4, 0.5) is 0 Å². The van der Waals surface area contributed by atoms with Crippen LogP contribution in [0.3, 0.4) is 0 Å². The van der Waals surface area contributed by atoms with Gasteiger partial charge in [-0.2, -0.15) is 0 Å². The van der Waals surface area contributed by atoms with E-state index in [1.807, 2.05) is 13.8 Å². The summed E-state index contributed by atoms with van der Waals surface area (Å²) in [7, 11) is 0. The van der Waals surface area contributed by atoms with Crippen LogP contribution in [-0.4, -0.2) is 18.0 Å². The van der Waals surface area contributed by atoms with E-state index in [2.05, 4.69) is 62.7 Å². The number of fused-ring (bicyclic) bond motifs is 2. The molecule has 116 valence electrons. The predicted molar refractivity (Wildman–Crippen MR) is 88.8 cm³/mol. The summed E-state index contributed by atoms with van der Waals surface area (Å²) in [4.78, 5) is 0. The minimum absolute atomic E-state index is 0.0608. The molecule has 0 aromatic heterocycles. The Labute approximate surface area is 136 Å². The molecule has 0 amide bonds. The highest BCUT2D eigenvalue weighted by Crippen LogP contribution is 2.54. The van der Waals surface area contributed by atoms with E-state index in [0.29, 0.717) is 0 Å². The van der Waals surface area contributed by atoms with Crippen molar-refractivity contribution in [2.45, 2.75) is 77.3 Å². The molecule has 1 aliphatic carbocycles. The van der Waals surface area contributed by atoms with E-state index in [4.69, 9.17) is 9.47 Å². The van der Waals surface area contributed by atoms with Crippen molar-refractivity contribution in [3.63, 3.8) is 0 Å². The topological polar surface area (TPSA) is 18.5 Å². The van der Waals surface area contributed by atoms with E-state index < -0.39 is 5.79 Å². The summed E-state index contributed by atoms with van der Waals surface area (Å²) in [5.74, 6) is -0.516. The molecule has 0 radical (unpaired) electrons. The minimum Gasteiger partial charge on any atom is -0.344 e. The van der Waals surface area contributed by atoms with Gasteiger partial charge in [0.05, 0.1) is 12.2 Å². The highest BCUT2D eigenvalue weighted by molar-refractivity contribution is 9.10. The van der Waals surface area contributed by atoms with E-state index in [9.17, 15) is 0 Å². The molecule has 1 aromatic rings. The van der Waals surface area contributed by atoms with Gasteiger partial charge in [-0.15, -0.1) is 0 Å². The normalized spacial score (nSPS) is 31.6. The summed E-state index contributed by atoms with van der Waals surface area (Å²) in [6.45, 7) is 15.3. The average molecular weight is 353 g/mol. The Morgan fingerprint density at radius 3 is 1.76 bits per heavy atom. The van der Waals surface area contributed by atoms with Crippen molar-refractivity contribution >= 4 is 15.9 Å². The third kappa shape index (κ3) is 2.12. The van der Waals surface area contributed by atoms with Crippen molar-refractivity contribution in [3.8, 4) is 0 Å². The molecule has 3 heteroatoms. The molecule has 0 unspecified atom stereocenters. The second kappa shape index (κ2) is 4.33. The van der Waals surface area contributed by atoms with E-state index in [-0.39, 0.29) is 23.0 Å². The Morgan fingerprint density at radius 2 is 1.29 bits per heavy atom. The molecule has 0 bridgehead atoms. The quantitative estimate of drug-likeness (QED) is 0.664. The molecule has 0 saturated carbocycles. The Bertz CT molecular complexity index is 550. The molecule has 3 rings (SSSR count). The second-order valence-corrected chi connectivity index (χ2v) is 8.92. The lowest BCUT2D eigenvalue weighted by molar-refractivity contribution is -0.153. The fraction of sp³-hybridized carbons (Fsp3) is 0.667. The largest absolute Gasteiger partial charge is 0.344 e. The lowest BCUT2D eigenvalue weighted by Crippen LogP contribution is -2.54. The van der Waals surface area contributed by atoms with Gasteiger partial charge in [0.25, 0.3) is 0 Å². The number of ether oxygens (including phenoxy) is 2. The lowest BCUT2D eigenvalue weighted by atomic mass is 9.60. The standard InChI is InChI=1S/C18H25BrO2/c1-10-8-11-12(9-13(10)19)17(4,5)15-14(16(11,2)3)20-18(6,7)21-15/h8-9,14-15H,1-7H3/t14-,15-/m0/s1. The number of hydrogen-bond donors (Lipinski definition) is 0. The number of halogens is 1. The van der Waals surface area contributed by atoms with Crippen LogP contribution in [0.1, 0.15) is 58.2 Å². The number of hydrogen-bond acceptors (Lipinski definition) is 2. The SMILES string of the molecule is Cc1cc2c(cc1Br)C(C)(C)[C@H]1OC(C)(C)O[C@@H]1C2(C)C. The molecule has 2 aliphatic rings. The third-order valence-corrected chi connectivity index (χ3v) is 6.06. The zero-order valence-electron chi connectivity index (χ0n) is 14.0. The van der Waals surface area contributed by atoms with E-state index in [0.717, 1.165) is 0 Å². The third-order valence-electron chi connectivity index (χ3n) is 5.21. The molecular formula is C18H25BrO2. The van der Waals surface area contributed by atoms with Crippen molar-refractivity contribution in [1.82, 2.24) is 0 Å². The Kier molecular flexibility index (Phi) is 3.20. The predicted octanol–water partition coefficient (Wildman–Crippen LogP) is 4.85. The molecule has 1 fully saturated rings. The maximum atomic E-state index is 6.30. The van der Waals surface area contributed by atoms with Gasteiger partial charge in [0.2, 0.25) is 0 Å². The van der Waals surface area contributed by atoms with Gasteiger partial charge in [-0.25, -0.2) is 0 Å². The van der Waals surface area contributed by atoms with Crippen LogP contribution >= 0.6 is 15.9 Å². The maximum absolute atomic E-state index is 6.30. The van der Waals surface area contributed by atoms with Crippen LogP contribution in [0.15, 0.2) is 16.6 Å². The Balaban J connectivity index is 2.25. The van der Waals surface area contributed by atoms with E-state index in [1.54, 1.807) is 0 Å². The first kappa shape index (κ1) is 15.5. The maximum Gasteiger partial charge on any atom is 0.163 e. The van der Waals surface area contributed by atoms with Crippen LogP contribution in [0.5, 0.6) is 0 Å². The minimum atomic E-state index is -0.516. The first-order chi connectivity index (χ1) is 9.47. The Morgan fingerprint density at radius 1 is 0.857 bits per heavy atom. The van der Waals surface area contributed by atoms with Gasteiger partial charge >= 0.3 is 0 Å². The molecule has 21 heavy (non-hydrogen) atoms. The van der Waals surface area contributed by atoms with Gasteiger partial charge in [0, 0.05) is 15.3 Å². The van der Waals surface area contributed by atoms with Gasteiger partial charge in [-0.05, 0) is 43.5 Å². The summed E-state index contributed by atoms with van der Waals surface area (Å²) >= 11 is 3.69. The summed E-state index contributed by atoms with van der Waals surface area (Å²) in [5.41, 5.74) is 3.89. The summed E-state index contributed by atoms with van der Waals surface area (Å²) < 4.78 is 13.8. The summed E-state index contributed by atoms with van der Waals surface area (Å²) in [6.07, 6.45) is 0.153. The van der Waals surface area contributed by atoms with Crippen LogP contribution in [0.2, 0.25) is 0 Å². The highest BCUT2D eigenvalue weighted by atomic mass is 79.9. The van der Waals surface area contributed by atoms with Crippen molar-refractivity contribution in [1.29, 1.82) is 0 Å². The van der Waals surface area contributed by atoms with Gasteiger partial charge < -0.3 is 9.47 Å². The number of rotatable bonds is 0. The molecule has 1 aliphatic heterocycles. The van der Waals surface area contributed by atoms with Crippen molar-refractivity contribution < 1.29 is 9.47 Å². The van der Waals surface area contributed by atoms with Crippen LogP contribution in [0, 0.1) is 6.92 Å². The first-order valence-electron chi connectivity index (χ1n) is 7.63. The van der Waals surface area contributed by atoms with Gasteiger partial charge in [0.15, 0.2) is 5.79 Å². The molecule has 1 aromatic carbocycles.